The summed E-state index contributed by atoms with van der Waals surface area (Å²) in [5, 5.41) is 7.30. The molecule has 4 nitrogen and oxygen atoms in total. The molecule has 0 saturated carbocycles. The van der Waals surface area contributed by atoms with E-state index in [4.69, 9.17) is 16.3 Å². The van der Waals surface area contributed by atoms with Crippen LogP contribution in [0.2, 0.25) is 5.02 Å². The molecule has 0 aliphatic carbocycles. The van der Waals surface area contributed by atoms with Crippen molar-refractivity contribution < 1.29 is 4.74 Å². The summed E-state index contributed by atoms with van der Waals surface area (Å²) in [6.07, 6.45) is 0.938. The minimum Gasteiger partial charge on any atom is -0.380 e. The van der Waals surface area contributed by atoms with Crippen molar-refractivity contribution in [3.05, 3.63) is 34.9 Å². The van der Waals surface area contributed by atoms with Crippen molar-refractivity contribution in [1.29, 1.82) is 0 Å². The number of hydrogen-bond acceptors (Lipinski definition) is 2. The zero-order chi connectivity index (χ0) is 14.6. The van der Waals surface area contributed by atoms with Gasteiger partial charge in [-0.25, -0.2) is 0 Å². The maximum atomic E-state index is 5.86. The quantitative estimate of drug-likeness (QED) is 0.291. The Hall–Kier alpha value is -0.530. The molecule has 0 atom stereocenters. The minimum atomic E-state index is 0. The van der Waals surface area contributed by atoms with Crippen LogP contribution in [-0.4, -0.2) is 38.8 Å². The SMILES string of the molecule is CCNC(=NCCOCC)NCCc1ccc(Cl)cc1.I. The van der Waals surface area contributed by atoms with Crippen LogP contribution in [0.4, 0.5) is 0 Å². The Morgan fingerprint density at radius 1 is 1.19 bits per heavy atom. The third-order valence-electron chi connectivity index (χ3n) is 2.67. The number of aliphatic imine (C=N–C) groups is 1. The van der Waals surface area contributed by atoms with E-state index in [1.807, 2.05) is 31.2 Å². The minimum absolute atomic E-state index is 0. The van der Waals surface area contributed by atoms with E-state index in [0.29, 0.717) is 13.2 Å². The van der Waals surface area contributed by atoms with Crippen molar-refractivity contribution in [3.8, 4) is 0 Å². The molecule has 0 unspecified atom stereocenters. The highest BCUT2D eigenvalue weighted by atomic mass is 127. The van der Waals surface area contributed by atoms with Gasteiger partial charge >= 0.3 is 0 Å². The monoisotopic (exact) mass is 425 g/mol. The van der Waals surface area contributed by atoms with Crippen molar-refractivity contribution >= 4 is 41.5 Å². The molecule has 0 heterocycles. The summed E-state index contributed by atoms with van der Waals surface area (Å²) in [5.41, 5.74) is 1.26. The van der Waals surface area contributed by atoms with E-state index in [0.717, 1.165) is 37.1 Å². The van der Waals surface area contributed by atoms with Crippen molar-refractivity contribution in [2.75, 3.05) is 32.8 Å². The lowest BCUT2D eigenvalue weighted by molar-refractivity contribution is 0.155. The molecule has 0 aliphatic heterocycles. The van der Waals surface area contributed by atoms with E-state index < -0.39 is 0 Å². The first kappa shape index (κ1) is 20.5. The fourth-order valence-corrected chi connectivity index (χ4v) is 1.81. The molecule has 0 aromatic heterocycles. The number of ether oxygens (including phenoxy) is 1. The van der Waals surface area contributed by atoms with Crippen LogP contribution in [0, 0.1) is 0 Å². The predicted molar refractivity (Wildman–Crippen MR) is 101 cm³/mol. The van der Waals surface area contributed by atoms with E-state index in [9.17, 15) is 0 Å². The second-order valence-electron chi connectivity index (χ2n) is 4.26. The van der Waals surface area contributed by atoms with Gasteiger partial charge in [-0.2, -0.15) is 0 Å². The molecule has 2 N–H and O–H groups in total. The molecule has 0 aliphatic rings. The molecule has 0 radical (unpaired) electrons. The summed E-state index contributed by atoms with van der Waals surface area (Å²) in [5.74, 6) is 0.834. The summed E-state index contributed by atoms with van der Waals surface area (Å²) >= 11 is 5.86. The second-order valence-corrected chi connectivity index (χ2v) is 4.70. The van der Waals surface area contributed by atoms with Gasteiger partial charge < -0.3 is 15.4 Å². The highest BCUT2D eigenvalue weighted by Gasteiger charge is 1.98. The Kier molecular flexibility index (Phi) is 12.8. The third-order valence-corrected chi connectivity index (χ3v) is 2.93. The Labute approximate surface area is 149 Å². The Morgan fingerprint density at radius 3 is 2.52 bits per heavy atom. The summed E-state index contributed by atoms with van der Waals surface area (Å²) < 4.78 is 5.27. The first-order valence-electron chi connectivity index (χ1n) is 7.10. The van der Waals surface area contributed by atoms with Crippen molar-refractivity contribution in [3.63, 3.8) is 0 Å². The molecular weight excluding hydrogens is 401 g/mol. The largest absolute Gasteiger partial charge is 0.380 e. The van der Waals surface area contributed by atoms with Gasteiger partial charge in [0.1, 0.15) is 0 Å². The van der Waals surface area contributed by atoms with E-state index in [2.05, 4.69) is 22.5 Å². The van der Waals surface area contributed by atoms with Crippen molar-refractivity contribution in [2.45, 2.75) is 20.3 Å². The van der Waals surface area contributed by atoms with Crippen LogP contribution < -0.4 is 10.6 Å². The van der Waals surface area contributed by atoms with Crippen molar-refractivity contribution in [2.24, 2.45) is 4.99 Å². The Morgan fingerprint density at radius 2 is 1.90 bits per heavy atom. The fourth-order valence-electron chi connectivity index (χ4n) is 1.68. The molecular formula is C15H25ClIN3O. The Bertz CT molecular complexity index is 398. The van der Waals surface area contributed by atoms with Crippen LogP contribution in [0.3, 0.4) is 0 Å². The van der Waals surface area contributed by atoms with Crippen LogP contribution in [0.25, 0.3) is 0 Å². The van der Waals surface area contributed by atoms with E-state index in [-0.39, 0.29) is 24.0 Å². The van der Waals surface area contributed by atoms with Gasteiger partial charge in [0.25, 0.3) is 0 Å². The average Bonchev–Trinajstić information content (AvgIpc) is 2.45. The summed E-state index contributed by atoms with van der Waals surface area (Å²) in [6, 6.07) is 7.92. The number of rotatable bonds is 8. The van der Waals surface area contributed by atoms with Gasteiger partial charge in [0.05, 0.1) is 13.2 Å². The molecule has 0 amide bonds. The molecule has 0 saturated heterocycles. The summed E-state index contributed by atoms with van der Waals surface area (Å²) in [4.78, 5) is 4.44. The summed E-state index contributed by atoms with van der Waals surface area (Å²) in [7, 11) is 0. The van der Waals surface area contributed by atoms with Crippen LogP contribution >= 0.6 is 35.6 Å². The molecule has 6 heteroatoms. The van der Waals surface area contributed by atoms with Crippen LogP contribution in [0.1, 0.15) is 19.4 Å². The van der Waals surface area contributed by atoms with Gasteiger partial charge in [-0.1, -0.05) is 23.7 Å². The fraction of sp³-hybridized carbons (Fsp3) is 0.533. The molecule has 0 fully saturated rings. The van der Waals surface area contributed by atoms with Crippen LogP contribution in [-0.2, 0) is 11.2 Å². The first-order chi connectivity index (χ1) is 9.76. The van der Waals surface area contributed by atoms with E-state index in [1.54, 1.807) is 0 Å². The standard InChI is InChI=1S/C15H24ClN3O.HI/c1-3-17-15(19-11-12-20-4-2)18-10-9-13-5-7-14(16)8-6-13;/h5-8H,3-4,9-12H2,1-2H3,(H2,17,18,19);1H. The lowest BCUT2D eigenvalue weighted by atomic mass is 10.1. The molecule has 1 rings (SSSR count). The third kappa shape index (κ3) is 9.92. The lowest BCUT2D eigenvalue weighted by Crippen LogP contribution is -2.38. The van der Waals surface area contributed by atoms with Crippen LogP contribution in [0.5, 0.6) is 0 Å². The highest BCUT2D eigenvalue weighted by Crippen LogP contribution is 2.09. The van der Waals surface area contributed by atoms with Gasteiger partial charge in [-0.3, -0.25) is 4.99 Å². The number of nitrogens with zero attached hydrogens (tertiary/aromatic N) is 1. The number of hydrogen-bond donors (Lipinski definition) is 2. The smallest absolute Gasteiger partial charge is 0.191 e. The maximum Gasteiger partial charge on any atom is 0.191 e. The Balaban J connectivity index is 0.00000400. The van der Waals surface area contributed by atoms with Gasteiger partial charge in [-0.05, 0) is 38.0 Å². The number of nitrogens with one attached hydrogen (secondary N) is 2. The molecule has 1 aromatic rings. The normalized spacial score (nSPS) is 10.9. The maximum absolute atomic E-state index is 5.86. The van der Waals surface area contributed by atoms with Crippen LogP contribution in [0.15, 0.2) is 29.3 Å². The lowest BCUT2D eigenvalue weighted by Gasteiger charge is -2.11. The number of benzene rings is 1. The van der Waals surface area contributed by atoms with Gasteiger partial charge in [0, 0.05) is 24.7 Å². The van der Waals surface area contributed by atoms with E-state index in [1.165, 1.54) is 5.56 Å². The number of guanidine groups is 1. The van der Waals surface area contributed by atoms with Gasteiger partial charge in [0.2, 0.25) is 0 Å². The molecule has 120 valence electrons. The zero-order valence-electron chi connectivity index (χ0n) is 12.7. The van der Waals surface area contributed by atoms with Gasteiger partial charge in [0.15, 0.2) is 5.96 Å². The topological polar surface area (TPSA) is 45.7 Å². The van der Waals surface area contributed by atoms with Crippen molar-refractivity contribution in [1.82, 2.24) is 10.6 Å². The second kappa shape index (κ2) is 13.2. The molecule has 21 heavy (non-hydrogen) atoms. The van der Waals surface area contributed by atoms with E-state index >= 15 is 0 Å². The average molecular weight is 426 g/mol. The predicted octanol–water partition coefficient (Wildman–Crippen LogP) is 3.09. The van der Waals surface area contributed by atoms with Gasteiger partial charge in [-0.15, -0.1) is 24.0 Å². The molecule has 0 spiro atoms. The highest BCUT2D eigenvalue weighted by molar-refractivity contribution is 14.0. The molecule has 1 aromatic carbocycles. The number of halogens is 2. The molecule has 0 bridgehead atoms. The summed E-state index contributed by atoms with van der Waals surface area (Å²) in [6.45, 7) is 7.78. The zero-order valence-corrected chi connectivity index (χ0v) is 15.8. The first-order valence-corrected chi connectivity index (χ1v) is 7.48.